The summed E-state index contributed by atoms with van der Waals surface area (Å²) in [4.78, 5) is 4.25. The van der Waals surface area contributed by atoms with Crippen molar-refractivity contribution in [1.29, 1.82) is 0 Å². The highest BCUT2D eigenvalue weighted by molar-refractivity contribution is 4.95. The molecule has 1 rings (SSSR count). The zero-order chi connectivity index (χ0) is 12.9. The monoisotopic (exact) mass is 240 g/mol. The Labute approximate surface area is 104 Å². The lowest BCUT2D eigenvalue weighted by atomic mass is 10.1. The SMILES string of the molecule is COC(C)CCc1cnc(CNC(C)(C)C)o1. The van der Waals surface area contributed by atoms with Crippen LogP contribution in [0.3, 0.4) is 0 Å². The van der Waals surface area contributed by atoms with Crippen LogP contribution in [0.5, 0.6) is 0 Å². The highest BCUT2D eigenvalue weighted by Gasteiger charge is 2.11. The number of ether oxygens (including phenoxy) is 1. The molecular weight excluding hydrogens is 216 g/mol. The summed E-state index contributed by atoms with van der Waals surface area (Å²) in [6.07, 6.45) is 3.90. The second-order valence-electron chi connectivity index (χ2n) is 5.41. The van der Waals surface area contributed by atoms with Gasteiger partial charge in [-0.05, 0) is 34.1 Å². The molecular formula is C13H24N2O2. The predicted molar refractivity (Wildman–Crippen MR) is 67.9 cm³/mol. The zero-order valence-electron chi connectivity index (χ0n) is 11.5. The number of aromatic nitrogens is 1. The van der Waals surface area contributed by atoms with Gasteiger partial charge in [0.05, 0.1) is 18.8 Å². The van der Waals surface area contributed by atoms with Crippen LogP contribution in [0.25, 0.3) is 0 Å². The van der Waals surface area contributed by atoms with Gasteiger partial charge in [0.15, 0.2) is 0 Å². The van der Waals surface area contributed by atoms with Crippen molar-refractivity contribution in [3.8, 4) is 0 Å². The van der Waals surface area contributed by atoms with Crippen LogP contribution in [-0.4, -0.2) is 23.7 Å². The summed E-state index contributed by atoms with van der Waals surface area (Å²) in [6.45, 7) is 9.09. The van der Waals surface area contributed by atoms with Crippen molar-refractivity contribution < 1.29 is 9.15 Å². The summed E-state index contributed by atoms with van der Waals surface area (Å²) in [5.74, 6) is 1.68. The van der Waals surface area contributed by atoms with E-state index in [4.69, 9.17) is 9.15 Å². The van der Waals surface area contributed by atoms with Crippen LogP contribution in [0.4, 0.5) is 0 Å². The second-order valence-corrected chi connectivity index (χ2v) is 5.41. The molecule has 1 heterocycles. The maximum Gasteiger partial charge on any atom is 0.208 e. The minimum Gasteiger partial charge on any atom is -0.444 e. The Morgan fingerprint density at radius 2 is 2.18 bits per heavy atom. The summed E-state index contributed by atoms with van der Waals surface area (Å²) < 4.78 is 10.8. The predicted octanol–water partition coefficient (Wildman–Crippen LogP) is 2.53. The Hall–Kier alpha value is -0.870. The van der Waals surface area contributed by atoms with Crippen molar-refractivity contribution in [1.82, 2.24) is 10.3 Å². The molecule has 0 aromatic carbocycles. The van der Waals surface area contributed by atoms with E-state index in [0.29, 0.717) is 6.54 Å². The number of oxazole rings is 1. The lowest BCUT2D eigenvalue weighted by Crippen LogP contribution is -2.35. The first-order chi connectivity index (χ1) is 7.90. The molecule has 0 spiro atoms. The fraction of sp³-hybridized carbons (Fsp3) is 0.769. The maximum atomic E-state index is 5.64. The number of nitrogens with one attached hydrogen (secondary N) is 1. The third-order valence-corrected chi connectivity index (χ3v) is 2.57. The molecule has 0 amide bonds. The third-order valence-electron chi connectivity index (χ3n) is 2.57. The van der Waals surface area contributed by atoms with E-state index in [9.17, 15) is 0 Å². The van der Waals surface area contributed by atoms with Crippen molar-refractivity contribution in [3.63, 3.8) is 0 Å². The van der Waals surface area contributed by atoms with Crippen molar-refractivity contribution >= 4 is 0 Å². The average Bonchev–Trinajstić information content (AvgIpc) is 2.70. The number of methoxy groups -OCH3 is 1. The lowest BCUT2D eigenvalue weighted by Gasteiger charge is -2.18. The van der Waals surface area contributed by atoms with Gasteiger partial charge in [0, 0.05) is 19.1 Å². The van der Waals surface area contributed by atoms with Gasteiger partial charge in [0.2, 0.25) is 5.89 Å². The maximum absolute atomic E-state index is 5.64. The number of rotatable bonds is 6. The molecule has 0 aliphatic rings. The standard InChI is InChI=1S/C13H24N2O2/c1-10(16-5)6-7-11-8-14-12(17-11)9-15-13(2,3)4/h8,10,15H,6-7,9H2,1-5H3. The Balaban J connectivity index is 2.37. The quantitative estimate of drug-likeness (QED) is 0.830. The van der Waals surface area contributed by atoms with Gasteiger partial charge in [0.25, 0.3) is 0 Å². The molecule has 98 valence electrons. The van der Waals surface area contributed by atoms with E-state index in [0.717, 1.165) is 24.5 Å². The van der Waals surface area contributed by atoms with Gasteiger partial charge in [-0.3, -0.25) is 0 Å². The first-order valence-electron chi connectivity index (χ1n) is 6.12. The zero-order valence-corrected chi connectivity index (χ0v) is 11.5. The van der Waals surface area contributed by atoms with E-state index < -0.39 is 0 Å². The minimum atomic E-state index is 0.0825. The second kappa shape index (κ2) is 6.17. The van der Waals surface area contributed by atoms with Crippen molar-refractivity contribution in [2.24, 2.45) is 0 Å². The van der Waals surface area contributed by atoms with Crippen LogP contribution >= 0.6 is 0 Å². The molecule has 0 saturated carbocycles. The largest absolute Gasteiger partial charge is 0.444 e. The Morgan fingerprint density at radius 1 is 1.47 bits per heavy atom. The molecule has 4 heteroatoms. The summed E-state index contributed by atoms with van der Waals surface area (Å²) in [6, 6.07) is 0. The molecule has 0 saturated heterocycles. The Kier molecular flexibility index (Phi) is 5.15. The van der Waals surface area contributed by atoms with Crippen LogP contribution in [0.2, 0.25) is 0 Å². The van der Waals surface area contributed by atoms with E-state index in [1.807, 2.05) is 6.20 Å². The van der Waals surface area contributed by atoms with E-state index in [1.165, 1.54) is 0 Å². The molecule has 0 bridgehead atoms. The van der Waals surface area contributed by atoms with Gasteiger partial charge in [-0.25, -0.2) is 4.98 Å². The van der Waals surface area contributed by atoms with Crippen LogP contribution < -0.4 is 5.32 Å². The molecule has 17 heavy (non-hydrogen) atoms. The molecule has 1 N–H and O–H groups in total. The Morgan fingerprint density at radius 3 is 2.76 bits per heavy atom. The molecule has 0 aliphatic heterocycles. The first-order valence-corrected chi connectivity index (χ1v) is 6.12. The first kappa shape index (κ1) is 14.2. The van der Waals surface area contributed by atoms with E-state index in [2.05, 4.69) is 38.0 Å². The van der Waals surface area contributed by atoms with Crippen molar-refractivity contribution in [3.05, 3.63) is 17.8 Å². The highest BCUT2D eigenvalue weighted by atomic mass is 16.5. The van der Waals surface area contributed by atoms with Gasteiger partial charge < -0.3 is 14.5 Å². The number of aryl methyl sites for hydroxylation is 1. The lowest BCUT2D eigenvalue weighted by molar-refractivity contribution is 0.110. The summed E-state index contributed by atoms with van der Waals surface area (Å²) in [5.41, 5.74) is 0.0825. The van der Waals surface area contributed by atoms with Crippen LogP contribution in [-0.2, 0) is 17.7 Å². The third kappa shape index (κ3) is 5.84. The van der Waals surface area contributed by atoms with Gasteiger partial charge >= 0.3 is 0 Å². The van der Waals surface area contributed by atoms with Crippen molar-refractivity contribution in [2.75, 3.05) is 7.11 Å². The fourth-order valence-corrected chi connectivity index (χ4v) is 1.35. The molecule has 4 nitrogen and oxygen atoms in total. The summed E-state index contributed by atoms with van der Waals surface area (Å²) in [7, 11) is 1.73. The van der Waals surface area contributed by atoms with E-state index in [-0.39, 0.29) is 11.6 Å². The summed E-state index contributed by atoms with van der Waals surface area (Å²) in [5, 5.41) is 3.35. The van der Waals surface area contributed by atoms with Crippen molar-refractivity contribution in [2.45, 2.75) is 58.7 Å². The van der Waals surface area contributed by atoms with E-state index >= 15 is 0 Å². The molecule has 1 aromatic rings. The van der Waals surface area contributed by atoms with Gasteiger partial charge in [0.1, 0.15) is 5.76 Å². The average molecular weight is 240 g/mol. The molecule has 1 unspecified atom stereocenters. The van der Waals surface area contributed by atoms with Gasteiger partial charge in [-0.2, -0.15) is 0 Å². The van der Waals surface area contributed by atoms with Gasteiger partial charge in [-0.15, -0.1) is 0 Å². The molecule has 0 aliphatic carbocycles. The molecule has 0 fully saturated rings. The normalized spacial score (nSPS) is 13.9. The van der Waals surface area contributed by atoms with E-state index in [1.54, 1.807) is 7.11 Å². The molecule has 1 aromatic heterocycles. The van der Waals surface area contributed by atoms with Crippen LogP contribution in [0, 0.1) is 0 Å². The number of hydrogen-bond acceptors (Lipinski definition) is 4. The number of hydrogen-bond donors (Lipinski definition) is 1. The Bertz CT molecular complexity index is 328. The minimum absolute atomic E-state index is 0.0825. The molecule has 0 radical (unpaired) electrons. The van der Waals surface area contributed by atoms with Crippen LogP contribution in [0.1, 0.15) is 45.8 Å². The van der Waals surface area contributed by atoms with Crippen LogP contribution in [0.15, 0.2) is 10.6 Å². The smallest absolute Gasteiger partial charge is 0.208 e. The number of nitrogens with zero attached hydrogens (tertiary/aromatic N) is 1. The summed E-state index contributed by atoms with van der Waals surface area (Å²) >= 11 is 0. The van der Waals surface area contributed by atoms with Gasteiger partial charge in [-0.1, -0.05) is 0 Å². The fourth-order valence-electron chi connectivity index (χ4n) is 1.35. The molecule has 1 atom stereocenters. The topological polar surface area (TPSA) is 47.3 Å². The highest BCUT2D eigenvalue weighted by Crippen LogP contribution is 2.10.